The van der Waals surface area contributed by atoms with Gasteiger partial charge in [0.2, 0.25) is 0 Å². The summed E-state index contributed by atoms with van der Waals surface area (Å²) in [5, 5.41) is 19.8. The van der Waals surface area contributed by atoms with Crippen LogP contribution in [0.4, 0.5) is 5.69 Å². The van der Waals surface area contributed by atoms with Gasteiger partial charge in [0, 0.05) is 18.2 Å². The van der Waals surface area contributed by atoms with Gasteiger partial charge < -0.3 is 14.9 Å². The average Bonchev–Trinajstić information content (AvgIpc) is 2.98. The smallest absolute Gasteiger partial charge is 0.337 e. The summed E-state index contributed by atoms with van der Waals surface area (Å²) in [5.74, 6) is -0.825. The molecular weight excluding hydrogens is 380 g/mol. The highest BCUT2D eigenvalue weighted by Crippen LogP contribution is 2.35. The van der Waals surface area contributed by atoms with Gasteiger partial charge in [-0.25, -0.2) is 9.79 Å². The van der Waals surface area contributed by atoms with Crippen molar-refractivity contribution in [2.45, 2.75) is 6.92 Å². The fourth-order valence-corrected chi connectivity index (χ4v) is 3.62. The van der Waals surface area contributed by atoms with Crippen molar-refractivity contribution in [2.24, 2.45) is 4.99 Å². The summed E-state index contributed by atoms with van der Waals surface area (Å²) >= 11 is 1.19. The zero-order valence-corrected chi connectivity index (χ0v) is 16.1. The molecule has 1 fully saturated rings. The maximum absolute atomic E-state index is 12.7. The molecule has 0 bridgehead atoms. The molecule has 3 rings (SSSR count). The van der Waals surface area contributed by atoms with E-state index in [9.17, 15) is 19.8 Å². The standard InChI is InChI=1S/C20H18N2O5S/c1-3-22-18(25)17(10-13-6-9-15(23)11-16(13)24)28-20(22)21-14-7-4-12(5-8-14)19(26)27-2/h4-11,23-24H,3H2,1-2H3/b17-10+,21-20?. The number of esters is 1. The lowest BCUT2D eigenvalue weighted by Gasteiger charge is -2.12. The lowest BCUT2D eigenvalue weighted by atomic mass is 10.1. The molecule has 1 aliphatic rings. The third kappa shape index (κ3) is 4.01. The Labute approximate surface area is 166 Å². The molecule has 7 nitrogen and oxygen atoms in total. The van der Waals surface area contributed by atoms with Crippen LogP contribution >= 0.6 is 11.8 Å². The molecule has 0 radical (unpaired) electrons. The average molecular weight is 398 g/mol. The van der Waals surface area contributed by atoms with Crippen LogP contribution in [0.2, 0.25) is 0 Å². The zero-order valence-electron chi connectivity index (χ0n) is 15.2. The number of hydrogen-bond donors (Lipinski definition) is 2. The number of likely N-dealkylation sites (N-methyl/N-ethyl adjacent to an activating group) is 1. The number of ether oxygens (including phenoxy) is 1. The lowest BCUT2D eigenvalue weighted by Crippen LogP contribution is -2.28. The predicted octanol–water partition coefficient (Wildman–Crippen LogP) is 3.51. The van der Waals surface area contributed by atoms with Gasteiger partial charge in [-0.05, 0) is 61.2 Å². The molecule has 1 aliphatic heterocycles. The maximum Gasteiger partial charge on any atom is 0.337 e. The molecule has 1 amide bonds. The first-order valence-corrected chi connectivity index (χ1v) is 9.25. The Morgan fingerprint density at radius 2 is 1.93 bits per heavy atom. The van der Waals surface area contributed by atoms with E-state index in [2.05, 4.69) is 9.73 Å². The van der Waals surface area contributed by atoms with Crippen LogP contribution in [0.15, 0.2) is 52.4 Å². The number of carbonyl (C=O) groups excluding carboxylic acids is 2. The number of aromatic hydroxyl groups is 2. The monoisotopic (exact) mass is 398 g/mol. The van der Waals surface area contributed by atoms with Gasteiger partial charge in [-0.1, -0.05) is 0 Å². The number of rotatable bonds is 4. The van der Waals surface area contributed by atoms with Crippen LogP contribution in [0, 0.1) is 0 Å². The summed E-state index contributed by atoms with van der Waals surface area (Å²) in [5.41, 5.74) is 1.43. The highest BCUT2D eigenvalue weighted by atomic mass is 32.2. The molecule has 0 unspecified atom stereocenters. The normalized spacial score (nSPS) is 16.8. The lowest BCUT2D eigenvalue weighted by molar-refractivity contribution is -0.122. The number of thioether (sulfide) groups is 1. The number of phenols is 2. The molecule has 0 atom stereocenters. The Balaban J connectivity index is 1.90. The van der Waals surface area contributed by atoms with E-state index in [1.54, 1.807) is 30.3 Å². The molecule has 2 aromatic rings. The van der Waals surface area contributed by atoms with E-state index in [4.69, 9.17) is 0 Å². The first-order valence-electron chi connectivity index (χ1n) is 8.43. The quantitative estimate of drug-likeness (QED) is 0.604. The van der Waals surface area contributed by atoms with Crippen molar-refractivity contribution in [3.63, 3.8) is 0 Å². The number of phenolic OH excluding ortho intramolecular Hbond substituents is 2. The topological polar surface area (TPSA) is 99.4 Å². The number of methoxy groups -OCH3 is 1. The fraction of sp³-hybridized carbons (Fsp3) is 0.150. The highest BCUT2D eigenvalue weighted by molar-refractivity contribution is 8.18. The van der Waals surface area contributed by atoms with Crippen LogP contribution in [0.5, 0.6) is 11.5 Å². The van der Waals surface area contributed by atoms with Gasteiger partial charge in [0.1, 0.15) is 11.5 Å². The van der Waals surface area contributed by atoms with Crippen molar-refractivity contribution in [3.05, 3.63) is 58.5 Å². The number of nitrogens with zero attached hydrogens (tertiary/aromatic N) is 2. The largest absolute Gasteiger partial charge is 0.508 e. The van der Waals surface area contributed by atoms with Crippen LogP contribution in [0.25, 0.3) is 6.08 Å². The van der Waals surface area contributed by atoms with Crippen molar-refractivity contribution in [2.75, 3.05) is 13.7 Å². The zero-order chi connectivity index (χ0) is 20.3. The van der Waals surface area contributed by atoms with Gasteiger partial charge in [0.15, 0.2) is 5.17 Å². The summed E-state index contributed by atoms with van der Waals surface area (Å²) in [6, 6.07) is 10.7. The van der Waals surface area contributed by atoms with Crippen molar-refractivity contribution in [3.8, 4) is 11.5 Å². The van der Waals surface area contributed by atoms with E-state index in [0.717, 1.165) is 0 Å². The Morgan fingerprint density at radius 3 is 2.54 bits per heavy atom. The van der Waals surface area contributed by atoms with Gasteiger partial charge in [0.25, 0.3) is 5.91 Å². The number of benzene rings is 2. The van der Waals surface area contributed by atoms with E-state index in [-0.39, 0.29) is 17.4 Å². The van der Waals surface area contributed by atoms with Crippen molar-refractivity contribution < 1.29 is 24.5 Å². The molecule has 0 aromatic heterocycles. The number of amides is 1. The molecule has 1 saturated heterocycles. The van der Waals surface area contributed by atoms with Gasteiger partial charge in [-0.2, -0.15) is 0 Å². The van der Waals surface area contributed by atoms with Gasteiger partial charge in [0.05, 0.1) is 23.3 Å². The van der Waals surface area contributed by atoms with Crippen molar-refractivity contribution >= 4 is 40.6 Å². The van der Waals surface area contributed by atoms with Crippen LogP contribution in [-0.4, -0.2) is 45.8 Å². The van der Waals surface area contributed by atoms with Gasteiger partial charge in [-0.3, -0.25) is 9.69 Å². The Bertz CT molecular complexity index is 983. The number of amidine groups is 1. The summed E-state index contributed by atoms with van der Waals surface area (Å²) in [4.78, 5) is 30.6. The Hall–Kier alpha value is -3.26. The van der Waals surface area contributed by atoms with Crippen molar-refractivity contribution in [1.29, 1.82) is 0 Å². The van der Waals surface area contributed by atoms with Gasteiger partial charge in [-0.15, -0.1) is 0 Å². The van der Waals surface area contributed by atoms with Crippen LogP contribution in [0.1, 0.15) is 22.8 Å². The first-order chi connectivity index (χ1) is 13.4. The second kappa shape index (κ2) is 8.18. The van der Waals surface area contributed by atoms with E-state index in [1.165, 1.54) is 42.0 Å². The highest BCUT2D eigenvalue weighted by Gasteiger charge is 2.32. The molecule has 28 heavy (non-hydrogen) atoms. The third-order valence-electron chi connectivity index (χ3n) is 4.02. The first kappa shape index (κ1) is 19.5. The second-order valence-electron chi connectivity index (χ2n) is 5.84. The molecule has 2 aromatic carbocycles. The third-order valence-corrected chi connectivity index (χ3v) is 5.02. The van der Waals surface area contributed by atoms with E-state index in [1.807, 2.05) is 6.92 Å². The molecule has 1 heterocycles. The predicted molar refractivity (Wildman–Crippen MR) is 108 cm³/mol. The van der Waals surface area contributed by atoms with Crippen LogP contribution in [0.3, 0.4) is 0 Å². The minimum atomic E-state index is -0.432. The van der Waals surface area contributed by atoms with Gasteiger partial charge >= 0.3 is 5.97 Å². The second-order valence-corrected chi connectivity index (χ2v) is 6.85. The molecule has 144 valence electrons. The SMILES string of the molecule is CCN1C(=O)/C(=C\c2ccc(O)cc2O)SC1=Nc1ccc(C(=O)OC)cc1. The molecule has 2 N–H and O–H groups in total. The summed E-state index contributed by atoms with van der Waals surface area (Å²) in [6.07, 6.45) is 1.56. The minimum absolute atomic E-state index is 0.0575. The maximum atomic E-state index is 12.7. The number of carbonyl (C=O) groups is 2. The summed E-state index contributed by atoms with van der Waals surface area (Å²) in [6.45, 7) is 2.28. The summed E-state index contributed by atoms with van der Waals surface area (Å²) < 4.78 is 4.67. The number of hydrogen-bond acceptors (Lipinski definition) is 7. The molecule has 8 heteroatoms. The Kier molecular flexibility index (Phi) is 5.70. The molecule has 0 spiro atoms. The summed E-state index contributed by atoms with van der Waals surface area (Å²) in [7, 11) is 1.32. The molecular formula is C20H18N2O5S. The molecule has 0 aliphatic carbocycles. The fourth-order valence-electron chi connectivity index (χ4n) is 2.57. The van der Waals surface area contributed by atoms with Crippen LogP contribution in [-0.2, 0) is 9.53 Å². The molecule has 0 saturated carbocycles. The van der Waals surface area contributed by atoms with Crippen molar-refractivity contribution in [1.82, 2.24) is 4.90 Å². The minimum Gasteiger partial charge on any atom is -0.508 e. The number of aliphatic imine (C=N–C) groups is 1. The van der Waals surface area contributed by atoms with E-state index >= 15 is 0 Å². The van der Waals surface area contributed by atoms with E-state index < -0.39 is 5.97 Å². The van der Waals surface area contributed by atoms with E-state index in [0.29, 0.717) is 33.4 Å². The van der Waals surface area contributed by atoms with Crippen LogP contribution < -0.4 is 0 Å². The Morgan fingerprint density at radius 1 is 1.21 bits per heavy atom.